The molecule has 33 heavy (non-hydrogen) atoms. The van der Waals surface area contributed by atoms with Crippen LogP contribution in [0.2, 0.25) is 0 Å². The number of carbonyl (C=O) groups excluding carboxylic acids is 1. The van der Waals surface area contributed by atoms with Crippen LogP contribution in [-0.2, 0) is 40.7 Å². The minimum Gasteiger partial charge on any atom is -0.381 e. The molecule has 1 unspecified atom stereocenters. The van der Waals surface area contributed by atoms with Gasteiger partial charge in [-0.15, -0.1) is 0 Å². The molecule has 1 atom stereocenters. The molecular weight excluding hydrogens is 446 g/mol. The largest absolute Gasteiger partial charge is 0.381 e. The van der Waals surface area contributed by atoms with Crippen LogP contribution in [0.25, 0.3) is 0 Å². The average Bonchev–Trinajstić information content (AvgIpc) is 3.28. The summed E-state index contributed by atoms with van der Waals surface area (Å²) in [5, 5.41) is 3.62. The van der Waals surface area contributed by atoms with E-state index in [1.807, 2.05) is 13.8 Å². The van der Waals surface area contributed by atoms with Crippen molar-refractivity contribution in [2.75, 3.05) is 20.3 Å². The Morgan fingerprint density at radius 2 is 1.82 bits per heavy atom. The highest BCUT2D eigenvalue weighted by Crippen LogP contribution is 2.34. The summed E-state index contributed by atoms with van der Waals surface area (Å²) in [6.07, 6.45) is 5.24. The van der Waals surface area contributed by atoms with Crippen molar-refractivity contribution in [3.8, 4) is 0 Å². The highest BCUT2D eigenvalue weighted by atomic mass is 32.2. The van der Waals surface area contributed by atoms with Gasteiger partial charge >= 0.3 is 0 Å². The zero-order valence-corrected chi connectivity index (χ0v) is 21.4. The summed E-state index contributed by atoms with van der Waals surface area (Å²) in [5.74, 6) is -0.0212. The fourth-order valence-corrected chi connectivity index (χ4v) is 6.57. The molecule has 0 spiro atoms. The SMILES string of the molecule is COC1CCC(S(=O)(=O)C(C)(C)C(=O)Cc2cc(C(C)(C)COC3CCCCO3)no2)CC1. The number of ketones is 1. The molecule has 2 heterocycles. The minimum atomic E-state index is -3.66. The molecule has 188 valence electrons. The van der Waals surface area contributed by atoms with E-state index in [0.717, 1.165) is 19.3 Å². The van der Waals surface area contributed by atoms with Crippen molar-refractivity contribution in [2.45, 2.75) is 107 Å². The predicted octanol–water partition coefficient (Wildman–Crippen LogP) is 3.76. The van der Waals surface area contributed by atoms with Crippen molar-refractivity contribution in [3.63, 3.8) is 0 Å². The topological polar surface area (TPSA) is 105 Å². The number of carbonyl (C=O) groups is 1. The molecule has 1 aromatic heterocycles. The van der Waals surface area contributed by atoms with Crippen LogP contribution in [0.4, 0.5) is 0 Å². The Balaban J connectivity index is 1.61. The first kappa shape index (κ1) is 26.3. The van der Waals surface area contributed by atoms with Gasteiger partial charge in [-0.2, -0.15) is 0 Å². The number of hydrogen-bond acceptors (Lipinski definition) is 8. The Bertz CT molecular complexity index is 892. The quantitative estimate of drug-likeness (QED) is 0.493. The van der Waals surface area contributed by atoms with E-state index in [1.54, 1.807) is 13.2 Å². The van der Waals surface area contributed by atoms with E-state index in [9.17, 15) is 13.2 Å². The Hall–Kier alpha value is -1.29. The van der Waals surface area contributed by atoms with Crippen molar-refractivity contribution in [1.82, 2.24) is 5.16 Å². The van der Waals surface area contributed by atoms with Gasteiger partial charge in [0.2, 0.25) is 0 Å². The van der Waals surface area contributed by atoms with E-state index in [2.05, 4.69) is 5.16 Å². The second-order valence-corrected chi connectivity index (χ2v) is 13.2. The van der Waals surface area contributed by atoms with Gasteiger partial charge in [0.15, 0.2) is 21.9 Å². The van der Waals surface area contributed by atoms with E-state index in [4.69, 9.17) is 18.7 Å². The number of Topliss-reactive ketones (excluding diaryl/α,β-unsaturated/α-hetero) is 1. The molecule has 0 N–H and O–H groups in total. The molecule has 0 aromatic carbocycles. The molecule has 3 rings (SSSR count). The summed E-state index contributed by atoms with van der Waals surface area (Å²) in [6.45, 7) is 8.11. The van der Waals surface area contributed by atoms with Gasteiger partial charge in [0, 0.05) is 25.2 Å². The van der Waals surface area contributed by atoms with Gasteiger partial charge in [-0.3, -0.25) is 4.79 Å². The third-order valence-corrected chi connectivity index (χ3v) is 10.1. The van der Waals surface area contributed by atoms with Crippen molar-refractivity contribution in [1.29, 1.82) is 0 Å². The Labute approximate surface area is 197 Å². The number of methoxy groups -OCH3 is 1. The molecule has 2 aliphatic rings. The standard InChI is InChI=1S/C24H39NO7S/c1-23(2,16-31-22-8-6-7-13-30-22)20-14-18(32-25-20)15-21(26)24(3,4)33(27,28)19-11-9-17(29-5)10-12-19/h14,17,19,22H,6-13,15-16H2,1-5H3. The van der Waals surface area contributed by atoms with Crippen molar-refractivity contribution < 1.29 is 31.9 Å². The molecule has 1 aliphatic heterocycles. The fourth-order valence-electron chi connectivity index (χ4n) is 4.46. The van der Waals surface area contributed by atoms with E-state index in [-0.39, 0.29) is 24.6 Å². The lowest BCUT2D eigenvalue weighted by Gasteiger charge is -2.33. The normalized spacial score (nSPS) is 25.2. The van der Waals surface area contributed by atoms with Crippen molar-refractivity contribution in [2.24, 2.45) is 0 Å². The maximum absolute atomic E-state index is 13.3. The van der Waals surface area contributed by atoms with E-state index < -0.39 is 25.2 Å². The van der Waals surface area contributed by atoms with Gasteiger partial charge in [-0.25, -0.2) is 8.42 Å². The molecule has 1 aromatic rings. The summed E-state index contributed by atoms with van der Waals surface area (Å²) < 4.78 is 47.4. The lowest BCUT2D eigenvalue weighted by Crippen LogP contribution is -2.48. The van der Waals surface area contributed by atoms with Crippen LogP contribution < -0.4 is 0 Å². The van der Waals surface area contributed by atoms with E-state index in [1.165, 1.54) is 13.8 Å². The van der Waals surface area contributed by atoms with Crippen LogP contribution >= 0.6 is 0 Å². The van der Waals surface area contributed by atoms with Crippen LogP contribution in [0, 0.1) is 0 Å². The summed E-state index contributed by atoms with van der Waals surface area (Å²) in [5.41, 5.74) is 0.229. The predicted molar refractivity (Wildman–Crippen MR) is 124 cm³/mol. The molecule has 1 saturated carbocycles. The zero-order chi connectivity index (χ0) is 24.3. The van der Waals surface area contributed by atoms with E-state index >= 15 is 0 Å². The molecule has 2 fully saturated rings. The van der Waals surface area contributed by atoms with Gasteiger partial charge in [0.25, 0.3) is 0 Å². The van der Waals surface area contributed by atoms with Gasteiger partial charge in [0.1, 0.15) is 10.5 Å². The van der Waals surface area contributed by atoms with Gasteiger partial charge in [-0.1, -0.05) is 19.0 Å². The summed E-state index contributed by atoms with van der Waals surface area (Å²) >= 11 is 0. The number of hydrogen-bond donors (Lipinski definition) is 0. The lowest BCUT2D eigenvalue weighted by atomic mass is 9.90. The minimum absolute atomic E-state index is 0.0971. The number of ether oxygens (including phenoxy) is 3. The lowest BCUT2D eigenvalue weighted by molar-refractivity contribution is -0.170. The highest BCUT2D eigenvalue weighted by molar-refractivity contribution is 7.94. The second kappa shape index (κ2) is 10.5. The maximum Gasteiger partial charge on any atom is 0.165 e. The number of aromatic nitrogens is 1. The van der Waals surface area contributed by atoms with Crippen LogP contribution in [0.5, 0.6) is 0 Å². The molecule has 1 aliphatic carbocycles. The van der Waals surface area contributed by atoms with Crippen LogP contribution in [0.15, 0.2) is 10.6 Å². The third kappa shape index (κ3) is 6.05. The molecule has 0 amide bonds. The smallest absolute Gasteiger partial charge is 0.165 e. The molecule has 8 nitrogen and oxygen atoms in total. The van der Waals surface area contributed by atoms with Crippen LogP contribution in [0.1, 0.15) is 84.1 Å². The summed E-state index contributed by atoms with van der Waals surface area (Å²) in [7, 11) is -2.01. The number of sulfone groups is 1. The summed E-state index contributed by atoms with van der Waals surface area (Å²) in [4.78, 5) is 13.1. The Morgan fingerprint density at radius 1 is 1.12 bits per heavy atom. The van der Waals surface area contributed by atoms with Gasteiger partial charge < -0.3 is 18.7 Å². The van der Waals surface area contributed by atoms with E-state index in [0.29, 0.717) is 50.4 Å². The molecule has 9 heteroatoms. The Kier molecular flexibility index (Phi) is 8.41. The first-order chi connectivity index (χ1) is 15.5. The maximum atomic E-state index is 13.3. The first-order valence-electron chi connectivity index (χ1n) is 12.0. The fraction of sp³-hybridized carbons (Fsp3) is 0.833. The van der Waals surface area contributed by atoms with Gasteiger partial charge in [-0.05, 0) is 58.8 Å². The molecule has 0 bridgehead atoms. The van der Waals surface area contributed by atoms with Crippen LogP contribution in [-0.4, -0.2) is 62.1 Å². The monoisotopic (exact) mass is 485 g/mol. The molecular formula is C24H39NO7S. The first-order valence-corrected chi connectivity index (χ1v) is 13.5. The average molecular weight is 486 g/mol. The van der Waals surface area contributed by atoms with Crippen molar-refractivity contribution in [3.05, 3.63) is 17.5 Å². The van der Waals surface area contributed by atoms with Crippen LogP contribution in [0.3, 0.4) is 0 Å². The Morgan fingerprint density at radius 3 is 2.42 bits per heavy atom. The number of nitrogens with zero attached hydrogens (tertiary/aromatic N) is 1. The highest BCUT2D eigenvalue weighted by Gasteiger charge is 2.47. The third-order valence-electron chi connectivity index (χ3n) is 7.13. The van der Waals surface area contributed by atoms with Gasteiger partial charge in [0.05, 0.1) is 30.1 Å². The second-order valence-electron chi connectivity index (χ2n) is 10.5. The number of rotatable bonds is 10. The molecule has 0 radical (unpaired) electrons. The molecule has 1 saturated heterocycles. The zero-order valence-electron chi connectivity index (χ0n) is 20.6. The van der Waals surface area contributed by atoms with Crippen molar-refractivity contribution >= 4 is 15.6 Å². The summed E-state index contributed by atoms with van der Waals surface area (Å²) in [6, 6.07) is 1.73.